The van der Waals surface area contributed by atoms with Crippen LogP contribution < -0.4 is 10.2 Å². The van der Waals surface area contributed by atoms with Crippen LogP contribution in [0.4, 0.5) is 5.69 Å². The highest BCUT2D eigenvalue weighted by Crippen LogP contribution is 2.32. The first-order valence-corrected chi connectivity index (χ1v) is 7.36. The van der Waals surface area contributed by atoms with Gasteiger partial charge in [-0.25, -0.2) is 0 Å². The molecule has 1 aromatic carbocycles. The summed E-state index contributed by atoms with van der Waals surface area (Å²) in [5.41, 5.74) is 2.78. The first-order valence-electron chi connectivity index (χ1n) is 7.36. The van der Waals surface area contributed by atoms with E-state index in [0.29, 0.717) is 6.04 Å². The van der Waals surface area contributed by atoms with Gasteiger partial charge in [0.15, 0.2) is 0 Å². The molecule has 0 saturated heterocycles. The zero-order valence-electron chi connectivity index (χ0n) is 11.9. The summed E-state index contributed by atoms with van der Waals surface area (Å²) in [6, 6.07) is 10.4. The van der Waals surface area contributed by atoms with Gasteiger partial charge >= 0.3 is 0 Å². The number of rotatable bonds is 7. The van der Waals surface area contributed by atoms with Crippen LogP contribution in [0.5, 0.6) is 0 Å². The summed E-state index contributed by atoms with van der Waals surface area (Å²) in [6.45, 7) is 8.85. The maximum atomic E-state index is 3.46. The Morgan fingerprint density at radius 2 is 1.89 bits per heavy atom. The number of anilines is 1. The molecule has 1 N–H and O–H groups in total. The molecule has 0 aliphatic heterocycles. The highest BCUT2D eigenvalue weighted by Gasteiger charge is 2.28. The van der Waals surface area contributed by atoms with E-state index in [-0.39, 0.29) is 0 Å². The lowest BCUT2D eigenvalue weighted by atomic mass is 10.1. The third kappa shape index (κ3) is 3.26. The van der Waals surface area contributed by atoms with E-state index >= 15 is 0 Å². The zero-order valence-corrected chi connectivity index (χ0v) is 11.9. The maximum Gasteiger partial charge on any atom is 0.0368 e. The Morgan fingerprint density at radius 3 is 2.39 bits per heavy atom. The van der Waals surface area contributed by atoms with Gasteiger partial charge in [0, 0.05) is 24.3 Å². The number of hydrogen-bond donors (Lipinski definition) is 1. The molecule has 1 aromatic rings. The Labute approximate surface area is 111 Å². The van der Waals surface area contributed by atoms with E-state index < -0.39 is 0 Å². The van der Waals surface area contributed by atoms with Gasteiger partial charge in [-0.05, 0) is 50.4 Å². The second kappa shape index (κ2) is 6.24. The fourth-order valence-electron chi connectivity index (χ4n) is 2.53. The second-order valence-electron chi connectivity index (χ2n) is 5.30. The number of benzene rings is 1. The van der Waals surface area contributed by atoms with Crippen LogP contribution in [0, 0.1) is 0 Å². The van der Waals surface area contributed by atoms with E-state index in [1.54, 1.807) is 0 Å². The first kappa shape index (κ1) is 13.4. The zero-order chi connectivity index (χ0) is 13.0. The summed E-state index contributed by atoms with van der Waals surface area (Å²) < 4.78 is 0. The molecule has 2 heteroatoms. The Kier molecular flexibility index (Phi) is 4.65. The van der Waals surface area contributed by atoms with E-state index in [4.69, 9.17) is 0 Å². The maximum absolute atomic E-state index is 3.46. The van der Waals surface area contributed by atoms with Gasteiger partial charge in [-0.15, -0.1) is 0 Å². The predicted molar refractivity (Wildman–Crippen MR) is 79.2 cm³/mol. The fraction of sp³-hybridized carbons (Fsp3) is 0.625. The molecule has 1 unspecified atom stereocenters. The van der Waals surface area contributed by atoms with Crippen LogP contribution in [0.1, 0.15) is 51.6 Å². The average molecular weight is 246 g/mol. The summed E-state index contributed by atoms with van der Waals surface area (Å²) in [4.78, 5) is 2.57. The van der Waals surface area contributed by atoms with Gasteiger partial charge in [0.1, 0.15) is 0 Å². The van der Waals surface area contributed by atoms with Crippen molar-refractivity contribution in [2.24, 2.45) is 0 Å². The number of hydrogen-bond acceptors (Lipinski definition) is 2. The van der Waals surface area contributed by atoms with Gasteiger partial charge in [-0.3, -0.25) is 0 Å². The normalized spacial score (nSPS) is 16.6. The Hall–Kier alpha value is -1.02. The lowest BCUT2D eigenvalue weighted by Gasteiger charge is -2.24. The van der Waals surface area contributed by atoms with Gasteiger partial charge in [0.2, 0.25) is 0 Å². The third-order valence-corrected chi connectivity index (χ3v) is 3.69. The molecule has 0 bridgehead atoms. The van der Waals surface area contributed by atoms with E-state index in [2.05, 4.69) is 55.3 Å². The Bertz CT molecular complexity index is 354. The van der Waals surface area contributed by atoms with Crippen molar-refractivity contribution in [3.05, 3.63) is 29.8 Å². The largest absolute Gasteiger partial charge is 0.369 e. The summed E-state index contributed by atoms with van der Waals surface area (Å²) in [7, 11) is 0. The SMILES string of the molecule is CCCN(c1ccc(C(C)NCC)cc1)C1CC1. The van der Waals surface area contributed by atoms with Crippen LogP contribution in [0.2, 0.25) is 0 Å². The Balaban J connectivity index is 2.05. The van der Waals surface area contributed by atoms with Crippen molar-refractivity contribution in [2.75, 3.05) is 18.0 Å². The summed E-state index contributed by atoms with van der Waals surface area (Å²) in [5.74, 6) is 0. The highest BCUT2D eigenvalue weighted by atomic mass is 15.2. The minimum Gasteiger partial charge on any atom is -0.369 e. The van der Waals surface area contributed by atoms with Gasteiger partial charge in [-0.2, -0.15) is 0 Å². The highest BCUT2D eigenvalue weighted by molar-refractivity contribution is 5.50. The van der Waals surface area contributed by atoms with Crippen LogP contribution in [0.3, 0.4) is 0 Å². The van der Waals surface area contributed by atoms with Crippen LogP contribution in [0.25, 0.3) is 0 Å². The van der Waals surface area contributed by atoms with Crippen molar-refractivity contribution >= 4 is 5.69 Å². The molecule has 0 aromatic heterocycles. The molecule has 1 aliphatic rings. The molecule has 2 nitrogen and oxygen atoms in total. The van der Waals surface area contributed by atoms with Gasteiger partial charge < -0.3 is 10.2 Å². The molecule has 18 heavy (non-hydrogen) atoms. The minimum absolute atomic E-state index is 0.449. The van der Waals surface area contributed by atoms with Crippen molar-refractivity contribution in [3.63, 3.8) is 0 Å². The molecule has 1 aliphatic carbocycles. The predicted octanol–water partition coefficient (Wildman–Crippen LogP) is 3.74. The topological polar surface area (TPSA) is 15.3 Å². The molecule has 0 amide bonds. The van der Waals surface area contributed by atoms with E-state index in [0.717, 1.165) is 12.6 Å². The molecule has 0 heterocycles. The molecule has 0 radical (unpaired) electrons. The van der Waals surface area contributed by atoms with Crippen LogP contribution >= 0.6 is 0 Å². The molecular weight excluding hydrogens is 220 g/mol. The molecule has 2 rings (SSSR count). The molecular formula is C16H26N2. The summed E-state index contributed by atoms with van der Waals surface area (Å²) in [6.07, 6.45) is 3.97. The van der Waals surface area contributed by atoms with Crippen LogP contribution in [-0.4, -0.2) is 19.1 Å². The average Bonchev–Trinajstić information content (AvgIpc) is 3.21. The summed E-state index contributed by atoms with van der Waals surface area (Å²) in [5, 5.41) is 3.46. The van der Waals surface area contributed by atoms with Gasteiger partial charge in [0.25, 0.3) is 0 Å². The Morgan fingerprint density at radius 1 is 1.22 bits per heavy atom. The first-order chi connectivity index (χ1) is 8.76. The van der Waals surface area contributed by atoms with Gasteiger partial charge in [0.05, 0.1) is 0 Å². The van der Waals surface area contributed by atoms with E-state index in [9.17, 15) is 0 Å². The quantitative estimate of drug-likeness (QED) is 0.788. The smallest absolute Gasteiger partial charge is 0.0368 e. The van der Waals surface area contributed by atoms with Crippen LogP contribution in [0.15, 0.2) is 24.3 Å². The van der Waals surface area contributed by atoms with Gasteiger partial charge in [-0.1, -0.05) is 26.0 Å². The van der Waals surface area contributed by atoms with Crippen LogP contribution in [-0.2, 0) is 0 Å². The molecule has 1 fully saturated rings. The fourth-order valence-corrected chi connectivity index (χ4v) is 2.53. The third-order valence-electron chi connectivity index (χ3n) is 3.69. The molecule has 100 valence electrons. The summed E-state index contributed by atoms with van der Waals surface area (Å²) >= 11 is 0. The standard InChI is InChI=1S/C16H26N2/c1-4-12-18(16-10-11-16)15-8-6-14(7-9-15)13(3)17-5-2/h6-9,13,16-17H,4-5,10-12H2,1-3H3. The second-order valence-corrected chi connectivity index (χ2v) is 5.30. The van der Waals surface area contributed by atoms with Crippen molar-refractivity contribution in [1.82, 2.24) is 5.32 Å². The molecule has 0 spiro atoms. The van der Waals surface area contributed by atoms with Crippen molar-refractivity contribution in [3.8, 4) is 0 Å². The van der Waals surface area contributed by atoms with Crippen molar-refractivity contribution in [2.45, 2.75) is 52.1 Å². The number of nitrogens with zero attached hydrogens (tertiary/aromatic N) is 1. The van der Waals surface area contributed by atoms with E-state index in [1.165, 1.54) is 37.1 Å². The number of nitrogens with one attached hydrogen (secondary N) is 1. The molecule has 1 saturated carbocycles. The van der Waals surface area contributed by atoms with Crippen molar-refractivity contribution in [1.29, 1.82) is 0 Å². The lowest BCUT2D eigenvalue weighted by Crippen LogP contribution is -2.26. The monoisotopic (exact) mass is 246 g/mol. The van der Waals surface area contributed by atoms with E-state index in [1.807, 2.05) is 0 Å². The van der Waals surface area contributed by atoms with Crippen molar-refractivity contribution < 1.29 is 0 Å². The minimum atomic E-state index is 0.449. The molecule has 1 atom stereocenters. The lowest BCUT2D eigenvalue weighted by molar-refractivity contribution is 0.598.